The number of hydrogen-bond donors (Lipinski definition) is 1. The maximum Gasteiger partial charge on any atom is 0.396 e. The average Bonchev–Trinajstić information content (AvgIpc) is 2.28. The minimum Gasteiger partial charge on any atom is -0.462 e. The fourth-order valence-electron chi connectivity index (χ4n) is 1.02. The van der Waals surface area contributed by atoms with Gasteiger partial charge in [-0.15, -0.1) is 0 Å². The number of benzene rings is 1. The van der Waals surface area contributed by atoms with Crippen LogP contribution in [0, 0.1) is 11.6 Å². The molecular weight excluding hydrogens is 220 g/mol. The zero-order valence-corrected chi connectivity index (χ0v) is 8.42. The Kier molecular flexibility index (Phi) is 3.93. The summed E-state index contributed by atoms with van der Waals surface area (Å²) in [6.45, 7) is -0.280. The molecule has 1 N–H and O–H groups in total. The van der Waals surface area contributed by atoms with Crippen molar-refractivity contribution in [3.05, 3.63) is 35.4 Å². The number of esters is 1. The summed E-state index contributed by atoms with van der Waals surface area (Å²) in [5, 5.41) is 2.10. The second-order valence-electron chi connectivity index (χ2n) is 2.91. The maximum atomic E-state index is 13.1. The van der Waals surface area contributed by atoms with Crippen LogP contribution in [-0.4, -0.2) is 19.0 Å². The van der Waals surface area contributed by atoms with Gasteiger partial charge in [-0.1, -0.05) is 0 Å². The van der Waals surface area contributed by atoms with Crippen LogP contribution in [0.1, 0.15) is 5.56 Å². The summed E-state index contributed by atoms with van der Waals surface area (Å²) in [5.74, 6) is -3.38. The lowest BCUT2D eigenvalue weighted by molar-refractivity contribution is -0.152. The molecule has 0 unspecified atom stereocenters. The molecule has 1 amide bonds. The lowest BCUT2D eigenvalue weighted by Gasteiger charge is -2.04. The van der Waals surface area contributed by atoms with Crippen LogP contribution in [0.2, 0.25) is 0 Å². The van der Waals surface area contributed by atoms with E-state index >= 15 is 0 Å². The summed E-state index contributed by atoms with van der Waals surface area (Å²) in [7, 11) is 1.05. The highest BCUT2D eigenvalue weighted by atomic mass is 19.1. The summed E-state index contributed by atoms with van der Waals surface area (Å²) in [5.41, 5.74) is -0.0442. The summed E-state index contributed by atoms with van der Waals surface area (Å²) in [6, 6.07) is 2.84. The summed E-state index contributed by atoms with van der Waals surface area (Å²) in [4.78, 5) is 21.6. The number of rotatable bonds is 2. The Morgan fingerprint density at radius 3 is 2.69 bits per heavy atom. The fourth-order valence-corrected chi connectivity index (χ4v) is 1.02. The molecule has 4 nitrogen and oxygen atoms in total. The van der Waals surface area contributed by atoms with Crippen LogP contribution in [0.3, 0.4) is 0 Å². The first-order chi connectivity index (χ1) is 7.54. The zero-order chi connectivity index (χ0) is 12.1. The van der Waals surface area contributed by atoms with Crippen molar-refractivity contribution in [3.63, 3.8) is 0 Å². The molecule has 0 fully saturated rings. The molecule has 1 aromatic carbocycles. The number of ether oxygens (including phenoxy) is 1. The lowest BCUT2D eigenvalue weighted by atomic mass is 10.2. The zero-order valence-electron chi connectivity index (χ0n) is 8.42. The molecule has 0 spiro atoms. The maximum absolute atomic E-state index is 13.1. The molecule has 6 heteroatoms. The molecule has 0 aromatic heterocycles. The van der Waals surface area contributed by atoms with Crippen molar-refractivity contribution in [1.29, 1.82) is 0 Å². The van der Waals surface area contributed by atoms with Gasteiger partial charge in [-0.05, 0) is 18.2 Å². The van der Waals surface area contributed by atoms with Crippen molar-refractivity contribution in [2.75, 3.05) is 7.11 Å². The van der Waals surface area contributed by atoms with Crippen LogP contribution < -0.4 is 5.32 Å². The Balaban J connectivity index is 2.64. The predicted octanol–water partition coefficient (Wildman–Crippen LogP) is 0.754. The van der Waals surface area contributed by atoms with E-state index in [4.69, 9.17) is 0 Å². The third-order valence-corrected chi connectivity index (χ3v) is 1.82. The Bertz CT molecular complexity index is 421. The lowest BCUT2D eigenvalue weighted by Crippen LogP contribution is -2.31. The molecule has 0 heterocycles. The Morgan fingerprint density at radius 1 is 1.38 bits per heavy atom. The molecule has 0 aliphatic heterocycles. The van der Waals surface area contributed by atoms with Crippen molar-refractivity contribution in [2.45, 2.75) is 6.54 Å². The van der Waals surface area contributed by atoms with Gasteiger partial charge in [0.05, 0.1) is 7.11 Å². The van der Waals surface area contributed by atoms with Gasteiger partial charge in [0.1, 0.15) is 11.6 Å². The van der Waals surface area contributed by atoms with Gasteiger partial charge in [-0.2, -0.15) is 0 Å². The van der Waals surface area contributed by atoms with Crippen molar-refractivity contribution in [3.8, 4) is 0 Å². The first kappa shape index (κ1) is 12.1. The second-order valence-corrected chi connectivity index (χ2v) is 2.91. The minimum absolute atomic E-state index is 0.0442. The standard InChI is InChI=1S/C10H9F2NO3/c1-16-10(15)9(14)13-5-6-4-7(11)2-3-8(6)12/h2-4H,5H2,1H3,(H,13,14). The molecule has 0 atom stereocenters. The summed E-state index contributed by atoms with van der Waals surface area (Å²) >= 11 is 0. The number of carbonyl (C=O) groups excluding carboxylic acids is 2. The van der Waals surface area contributed by atoms with E-state index in [0.29, 0.717) is 0 Å². The van der Waals surface area contributed by atoms with E-state index in [1.807, 2.05) is 0 Å². The average molecular weight is 229 g/mol. The highest BCUT2D eigenvalue weighted by Crippen LogP contribution is 2.08. The molecule has 0 aliphatic rings. The largest absolute Gasteiger partial charge is 0.462 e. The number of halogens is 2. The molecular formula is C10H9F2NO3. The molecule has 0 bridgehead atoms. The van der Waals surface area contributed by atoms with Gasteiger partial charge < -0.3 is 10.1 Å². The molecule has 0 saturated carbocycles. The van der Waals surface area contributed by atoms with Gasteiger partial charge >= 0.3 is 11.9 Å². The fraction of sp³-hybridized carbons (Fsp3) is 0.200. The topological polar surface area (TPSA) is 55.4 Å². The monoisotopic (exact) mass is 229 g/mol. The van der Waals surface area contributed by atoms with Crippen LogP contribution in [0.15, 0.2) is 18.2 Å². The summed E-state index contributed by atoms with van der Waals surface area (Å²) in [6.07, 6.45) is 0. The first-order valence-electron chi connectivity index (χ1n) is 4.34. The quantitative estimate of drug-likeness (QED) is 0.601. The van der Waals surface area contributed by atoms with Crippen molar-refractivity contribution in [1.82, 2.24) is 5.32 Å². The number of carbonyl (C=O) groups is 2. The predicted molar refractivity (Wildman–Crippen MR) is 50.2 cm³/mol. The molecule has 0 saturated heterocycles. The highest BCUT2D eigenvalue weighted by molar-refractivity contribution is 6.32. The third-order valence-electron chi connectivity index (χ3n) is 1.82. The van der Waals surface area contributed by atoms with Crippen LogP contribution in [0.4, 0.5) is 8.78 Å². The van der Waals surface area contributed by atoms with Crippen molar-refractivity contribution >= 4 is 11.9 Å². The van der Waals surface area contributed by atoms with E-state index in [-0.39, 0.29) is 12.1 Å². The third kappa shape index (κ3) is 3.01. The molecule has 1 rings (SSSR count). The van der Waals surface area contributed by atoms with Crippen LogP contribution in [-0.2, 0) is 20.9 Å². The number of methoxy groups -OCH3 is 1. The van der Waals surface area contributed by atoms with Gasteiger partial charge in [-0.3, -0.25) is 4.79 Å². The first-order valence-corrected chi connectivity index (χ1v) is 4.34. The summed E-state index contributed by atoms with van der Waals surface area (Å²) < 4.78 is 29.9. The molecule has 16 heavy (non-hydrogen) atoms. The van der Waals surface area contributed by atoms with E-state index < -0.39 is 23.5 Å². The van der Waals surface area contributed by atoms with Gasteiger partial charge in [0.25, 0.3) is 0 Å². The van der Waals surface area contributed by atoms with E-state index in [0.717, 1.165) is 25.3 Å². The van der Waals surface area contributed by atoms with E-state index in [2.05, 4.69) is 10.1 Å². The Hall–Kier alpha value is -1.98. The molecule has 1 aromatic rings. The van der Waals surface area contributed by atoms with Gasteiger partial charge in [0.2, 0.25) is 0 Å². The second kappa shape index (κ2) is 5.20. The molecule has 0 radical (unpaired) electrons. The van der Waals surface area contributed by atoms with Crippen LogP contribution in [0.25, 0.3) is 0 Å². The van der Waals surface area contributed by atoms with Gasteiger partial charge in [0, 0.05) is 12.1 Å². The molecule has 86 valence electrons. The Labute approximate surface area is 90.2 Å². The van der Waals surface area contributed by atoms with Crippen LogP contribution in [0.5, 0.6) is 0 Å². The normalized spacial score (nSPS) is 9.69. The van der Waals surface area contributed by atoms with E-state index in [1.54, 1.807) is 0 Å². The van der Waals surface area contributed by atoms with Crippen LogP contribution >= 0.6 is 0 Å². The smallest absolute Gasteiger partial charge is 0.396 e. The number of nitrogens with one attached hydrogen (secondary N) is 1. The minimum atomic E-state index is -1.09. The van der Waals surface area contributed by atoms with Crippen molar-refractivity contribution < 1.29 is 23.1 Å². The number of hydrogen-bond acceptors (Lipinski definition) is 3. The Morgan fingerprint density at radius 2 is 2.06 bits per heavy atom. The van der Waals surface area contributed by atoms with E-state index in [1.165, 1.54) is 0 Å². The van der Waals surface area contributed by atoms with Gasteiger partial charge in [-0.25, -0.2) is 13.6 Å². The van der Waals surface area contributed by atoms with E-state index in [9.17, 15) is 18.4 Å². The number of amides is 1. The SMILES string of the molecule is COC(=O)C(=O)NCc1cc(F)ccc1F. The molecule has 0 aliphatic carbocycles. The van der Waals surface area contributed by atoms with Crippen molar-refractivity contribution in [2.24, 2.45) is 0 Å². The van der Waals surface area contributed by atoms with Gasteiger partial charge in [0.15, 0.2) is 0 Å². The highest BCUT2D eigenvalue weighted by Gasteiger charge is 2.13.